The Balaban J connectivity index is 0.000000829. The summed E-state index contributed by atoms with van der Waals surface area (Å²) in [6.07, 6.45) is 7.07. The van der Waals surface area contributed by atoms with Gasteiger partial charge in [-0.2, -0.15) is 11.8 Å². The molecule has 14 heteroatoms. The molecular weight excluding hydrogens is 947 g/mol. The molecule has 7 aliphatic rings. The lowest BCUT2D eigenvalue weighted by Crippen LogP contribution is -2.53. The largest absolute Gasteiger partial charge is 0.379 e. The van der Waals surface area contributed by atoms with E-state index in [9.17, 15) is 8.42 Å². The lowest BCUT2D eigenvalue weighted by molar-refractivity contribution is -0.00389. The topological polar surface area (TPSA) is 81.3 Å². The molecule has 0 aromatic rings. The van der Waals surface area contributed by atoms with E-state index in [1.165, 1.54) is 129 Å². The molecule has 73 heavy (non-hydrogen) atoms. The van der Waals surface area contributed by atoms with Crippen molar-refractivity contribution in [3.63, 3.8) is 0 Å². The van der Waals surface area contributed by atoms with Crippen LogP contribution in [0.2, 0.25) is 0 Å². The fourth-order valence-corrected chi connectivity index (χ4v) is 11.8. The molecule has 0 aromatic carbocycles. The van der Waals surface area contributed by atoms with E-state index in [0.717, 1.165) is 45.4 Å². The van der Waals surface area contributed by atoms with Gasteiger partial charge in [-0.05, 0) is 197 Å². The molecule has 0 radical (unpaired) electrons. The van der Waals surface area contributed by atoms with Crippen LogP contribution in [0.4, 0.5) is 0 Å². The number of morpholine rings is 1. The van der Waals surface area contributed by atoms with Gasteiger partial charge in [0.15, 0.2) is 9.84 Å². The fraction of sp³-hybridized carbons (Fsp3) is 1.00. The molecule has 7 heterocycles. The Bertz CT molecular complexity index is 1330. The molecule has 7 rings (SSSR count). The summed E-state index contributed by atoms with van der Waals surface area (Å²) in [7, 11) is -2.72. The molecule has 7 aliphatic heterocycles. The van der Waals surface area contributed by atoms with Crippen molar-refractivity contribution >= 4 is 21.6 Å². The van der Waals surface area contributed by atoms with E-state index in [-0.39, 0.29) is 13.0 Å². The van der Waals surface area contributed by atoms with E-state index in [2.05, 4.69) is 202 Å². The summed E-state index contributed by atoms with van der Waals surface area (Å²) in [5.41, 5.74) is 1.95. The number of nitrogens with one attached hydrogen (secondary N) is 1. The minimum Gasteiger partial charge on any atom is -0.379 e. The maximum atomic E-state index is 11.1. The summed E-state index contributed by atoms with van der Waals surface area (Å²) in [4.78, 5) is 19.9. The third-order valence-corrected chi connectivity index (χ3v) is 17.8. The smallest absolute Gasteiger partial charge is 0.152 e. The van der Waals surface area contributed by atoms with Gasteiger partial charge in [0.2, 0.25) is 0 Å². The first kappa shape index (κ1) is 72.9. The Morgan fingerprint density at radius 3 is 1.07 bits per heavy atom. The van der Waals surface area contributed by atoms with Gasteiger partial charge in [-0.15, -0.1) is 0 Å². The zero-order valence-corrected chi connectivity index (χ0v) is 53.5. The predicted octanol–water partition coefficient (Wildman–Crippen LogP) is 9.98. The number of likely N-dealkylation sites (N-methyl/N-ethyl adjacent to an activating group) is 1. The zero-order chi connectivity index (χ0) is 55.0. The van der Waals surface area contributed by atoms with Crippen LogP contribution in [0.1, 0.15) is 185 Å². The minimum atomic E-state index is -2.72. The second-order valence-corrected chi connectivity index (χ2v) is 30.9. The summed E-state index contributed by atoms with van der Waals surface area (Å²) in [6.45, 7) is 71.4. The van der Waals surface area contributed by atoms with Crippen LogP contribution < -0.4 is 5.32 Å². The molecule has 0 bridgehead atoms. The van der Waals surface area contributed by atoms with Crippen molar-refractivity contribution in [3.05, 3.63) is 0 Å². The van der Waals surface area contributed by atoms with Crippen LogP contribution in [0.5, 0.6) is 0 Å². The van der Waals surface area contributed by atoms with Crippen molar-refractivity contribution in [2.45, 2.75) is 224 Å². The van der Waals surface area contributed by atoms with Crippen LogP contribution in [0.25, 0.3) is 0 Å². The lowest BCUT2D eigenvalue weighted by atomic mass is 10.0. The van der Waals surface area contributed by atoms with Gasteiger partial charge in [0, 0.05) is 142 Å². The number of ether oxygens (including phenoxy) is 1. The van der Waals surface area contributed by atoms with Crippen LogP contribution in [0.3, 0.4) is 0 Å². The maximum Gasteiger partial charge on any atom is 0.152 e. The van der Waals surface area contributed by atoms with Gasteiger partial charge in [-0.25, -0.2) is 8.42 Å². The second kappa shape index (κ2) is 34.8. The maximum absolute atomic E-state index is 11.1. The summed E-state index contributed by atoms with van der Waals surface area (Å²) >= 11 is 2.07. The summed E-state index contributed by atoms with van der Waals surface area (Å²) in [6, 6.07) is 0.775. The molecule has 7 fully saturated rings. The van der Waals surface area contributed by atoms with E-state index < -0.39 is 9.84 Å². The highest BCUT2D eigenvalue weighted by Gasteiger charge is 2.30. The Morgan fingerprint density at radius 1 is 0.438 bits per heavy atom. The normalized spacial score (nSPS) is 23.2. The van der Waals surface area contributed by atoms with Crippen molar-refractivity contribution in [2.24, 2.45) is 0 Å². The molecule has 0 unspecified atom stereocenters. The molecule has 7 saturated heterocycles. The van der Waals surface area contributed by atoms with Crippen LogP contribution in [-0.2, 0) is 14.6 Å². The van der Waals surface area contributed by atoms with E-state index in [1.54, 1.807) is 0 Å². The number of hydrogen-bond donors (Lipinski definition) is 1. The number of hydrogen-bond acceptors (Lipinski definition) is 13. The molecule has 12 nitrogen and oxygen atoms in total. The monoisotopic (exact) mass is 1080 g/mol. The van der Waals surface area contributed by atoms with Gasteiger partial charge in [0.05, 0.1) is 24.7 Å². The number of sulfone groups is 1. The standard InChI is InChI=1S/C10H22N2.C9H19N.C8H18N2.C8H17NO2S.C8H17NO.C8H17NS.C7H15N.CH4/c1-5-11-6-8-12(9-7-11)10(2,3)4;1-9(2,3)10-7-5-4-6-8-10;1-8(2,3)10-6-4-9-5-7-10;1-8(2,3)9-4-6-12(10,11)7-5-9;2*1-8(2,3)9-4-6-10-7-5-9;1-7(2)8-5-3-4-6-8;/h5-9H2,1-4H3;4-8H2,1-3H3;9H,4-7H2,1-3H3;4-7H2,1-3H3;2*4-7H2,1-3H3;7H,3-6H2,1-2H3;1H4. The average Bonchev–Trinajstić information content (AvgIpc) is 3.86. The van der Waals surface area contributed by atoms with Crippen LogP contribution >= 0.6 is 11.8 Å². The van der Waals surface area contributed by atoms with E-state index in [1.807, 2.05) is 0 Å². The number of likely N-dealkylation sites (tertiary alicyclic amines) is 2. The molecule has 0 saturated carbocycles. The quantitative estimate of drug-likeness (QED) is 0.286. The van der Waals surface area contributed by atoms with Gasteiger partial charge >= 0.3 is 0 Å². The van der Waals surface area contributed by atoms with E-state index in [0.29, 0.717) is 52.3 Å². The van der Waals surface area contributed by atoms with Crippen LogP contribution in [0, 0.1) is 0 Å². The highest BCUT2D eigenvalue weighted by molar-refractivity contribution is 7.99. The van der Waals surface area contributed by atoms with Crippen molar-refractivity contribution in [2.75, 3.05) is 161 Å². The number of thioether (sulfide) groups is 1. The molecular formula is C59H129N9O3S2. The number of piperazine rings is 2. The number of nitrogens with zero attached hydrogens (tertiary/aromatic N) is 8. The highest BCUT2D eigenvalue weighted by atomic mass is 32.2. The van der Waals surface area contributed by atoms with Crippen LogP contribution in [-0.4, -0.2) is 247 Å². The van der Waals surface area contributed by atoms with Gasteiger partial charge in [0.1, 0.15) is 0 Å². The lowest BCUT2D eigenvalue weighted by Gasteiger charge is -2.42. The first-order valence-electron chi connectivity index (χ1n) is 29.1. The van der Waals surface area contributed by atoms with Gasteiger partial charge in [-0.1, -0.05) is 20.8 Å². The van der Waals surface area contributed by atoms with Crippen molar-refractivity contribution < 1.29 is 13.2 Å². The van der Waals surface area contributed by atoms with Gasteiger partial charge in [0.25, 0.3) is 0 Å². The molecule has 0 atom stereocenters. The Kier molecular flexibility index (Phi) is 34.8. The molecule has 0 spiro atoms. The second-order valence-electron chi connectivity index (χ2n) is 27.4. The van der Waals surface area contributed by atoms with Crippen molar-refractivity contribution in [1.29, 1.82) is 0 Å². The molecule has 0 aromatic heterocycles. The minimum absolute atomic E-state index is 0. The van der Waals surface area contributed by atoms with E-state index >= 15 is 0 Å². The summed E-state index contributed by atoms with van der Waals surface area (Å²) < 4.78 is 27.4. The van der Waals surface area contributed by atoms with E-state index in [4.69, 9.17) is 4.74 Å². The molecule has 440 valence electrons. The summed E-state index contributed by atoms with van der Waals surface area (Å²) in [5, 5.41) is 3.35. The fourth-order valence-electron chi connectivity index (χ4n) is 9.74. The van der Waals surface area contributed by atoms with Gasteiger partial charge in [-0.3, -0.25) is 29.4 Å². The molecule has 1 N–H and O–H groups in total. The average molecular weight is 1080 g/mol. The zero-order valence-electron chi connectivity index (χ0n) is 51.9. The first-order valence-corrected chi connectivity index (χ1v) is 32.1. The molecule has 0 amide bonds. The third-order valence-electron chi connectivity index (χ3n) is 15.2. The Morgan fingerprint density at radius 2 is 0.767 bits per heavy atom. The van der Waals surface area contributed by atoms with Crippen molar-refractivity contribution in [3.8, 4) is 0 Å². The number of piperidine rings is 1. The first-order chi connectivity index (χ1) is 33.1. The highest BCUT2D eigenvalue weighted by Crippen LogP contribution is 2.21. The van der Waals surface area contributed by atoms with Crippen molar-refractivity contribution in [1.82, 2.24) is 44.5 Å². The SMILES string of the molecule is C.CC(C)(C)N1CCCCC1.CC(C)(C)N1CCNCC1.CC(C)(C)N1CCOCC1.CC(C)(C)N1CCS(=O)(=O)CC1.CC(C)(C)N1CCSCC1.CC(C)N1CCCC1.CCN1CCN(C(C)(C)C)CC1. The Labute approximate surface area is 461 Å². The number of rotatable bonds is 2. The molecule has 0 aliphatic carbocycles. The Hall–Kier alpha value is -0.100. The predicted molar refractivity (Wildman–Crippen MR) is 326 cm³/mol. The third kappa shape index (κ3) is 33.2. The van der Waals surface area contributed by atoms with Crippen LogP contribution in [0.15, 0.2) is 0 Å². The summed E-state index contributed by atoms with van der Waals surface area (Å²) in [5.74, 6) is 3.28. The van der Waals surface area contributed by atoms with Gasteiger partial charge < -0.3 is 19.9 Å².